The Kier molecular flexibility index (Phi) is 1.09. The number of hydrogen-bond donors (Lipinski definition) is 0. The molecule has 0 aromatic carbocycles. The number of nitrogens with zero attached hydrogens (tertiary/aromatic N) is 2. The van der Waals surface area contributed by atoms with Crippen LogP contribution in [0.15, 0.2) is 18.5 Å². The summed E-state index contributed by atoms with van der Waals surface area (Å²) >= 11 is 0. The van der Waals surface area contributed by atoms with Crippen molar-refractivity contribution in [2.75, 3.05) is 0 Å². The maximum absolute atomic E-state index is 11.2. The van der Waals surface area contributed by atoms with Crippen LogP contribution in [0.3, 0.4) is 0 Å². The highest BCUT2D eigenvalue weighted by molar-refractivity contribution is 5.82. The Morgan fingerprint density at radius 2 is 2.40 bits per heavy atom. The molecule has 0 saturated heterocycles. The van der Waals surface area contributed by atoms with E-state index in [2.05, 4.69) is 5.10 Å². The van der Waals surface area contributed by atoms with Crippen LogP contribution in [0.2, 0.25) is 0 Å². The lowest BCUT2D eigenvalue weighted by molar-refractivity contribution is 0.0870. The second-order valence-electron chi connectivity index (χ2n) is 2.56. The predicted octanol–water partition coefficient (Wildman–Crippen LogP) is 0.933. The van der Waals surface area contributed by atoms with Gasteiger partial charge in [-0.3, -0.25) is 4.79 Å². The van der Waals surface area contributed by atoms with Crippen LogP contribution in [-0.4, -0.2) is 15.7 Å². The second-order valence-corrected chi connectivity index (χ2v) is 2.56. The first-order chi connectivity index (χ1) is 4.88. The molecule has 0 N–H and O–H groups in total. The van der Waals surface area contributed by atoms with Crippen LogP contribution in [0, 0.1) is 5.92 Å². The molecule has 2 rings (SSSR count). The molecule has 1 aliphatic rings. The number of carbonyl (C=O) groups excluding carboxylic acids is 1. The van der Waals surface area contributed by atoms with Crippen LogP contribution in [0.25, 0.3) is 0 Å². The van der Waals surface area contributed by atoms with Crippen LogP contribution < -0.4 is 0 Å². The third-order valence-corrected chi connectivity index (χ3v) is 1.66. The fourth-order valence-electron chi connectivity index (χ4n) is 0.917. The van der Waals surface area contributed by atoms with Gasteiger partial charge in [0, 0.05) is 18.3 Å². The molecule has 0 unspecified atom stereocenters. The van der Waals surface area contributed by atoms with Crippen LogP contribution in [0.1, 0.15) is 17.6 Å². The molecule has 3 heteroatoms. The highest BCUT2D eigenvalue weighted by Gasteiger charge is 2.30. The number of hydrogen-bond acceptors (Lipinski definition) is 2. The Morgan fingerprint density at radius 1 is 1.60 bits per heavy atom. The van der Waals surface area contributed by atoms with Crippen molar-refractivity contribution in [1.82, 2.24) is 9.78 Å². The first-order valence-corrected chi connectivity index (χ1v) is 3.42. The molecule has 1 aromatic rings. The zero-order valence-electron chi connectivity index (χ0n) is 5.53. The Balaban J connectivity index is 2.19. The van der Waals surface area contributed by atoms with Crippen molar-refractivity contribution in [2.45, 2.75) is 12.8 Å². The monoisotopic (exact) mass is 136 g/mol. The fourth-order valence-corrected chi connectivity index (χ4v) is 0.917. The van der Waals surface area contributed by atoms with Gasteiger partial charge >= 0.3 is 0 Å². The van der Waals surface area contributed by atoms with Crippen LogP contribution in [-0.2, 0) is 0 Å². The predicted molar refractivity (Wildman–Crippen MR) is 35.6 cm³/mol. The van der Waals surface area contributed by atoms with Gasteiger partial charge in [0.2, 0.25) is 5.91 Å². The van der Waals surface area contributed by atoms with Gasteiger partial charge in [0.05, 0.1) is 0 Å². The van der Waals surface area contributed by atoms with E-state index in [1.165, 1.54) is 4.68 Å². The van der Waals surface area contributed by atoms with Crippen molar-refractivity contribution in [2.24, 2.45) is 5.92 Å². The topological polar surface area (TPSA) is 34.9 Å². The van der Waals surface area contributed by atoms with Crippen molar-refractivity contribution in [3.8, 4) is 0 Å². The van der Waals surface area contributed by atoms with Crippen molar-refractivity contribution in [1.29, 1.82) is 0 Å². The summed E-state index contributed by atoms with van der Waals surface area (Å²) in [5.41, 5.74) is 0. The first-order valence-electron chi connectivity index (χ1n) is 3.42. The van der Waals surface area contributed by atoms with Gasteiger partial charge in [-0.15, -0.1) is 0 Å². The van der Waals surface area contributed by atoms with E-state index in [-0.39, 0.29) is 11.8 Å². The lowest BCUT2D eigenvalue weighted by Crippen LogP contribution is -2.12. The smallest absolute Gasteiger partial charge is 0.249 e. The molecular weight excluding hydrogens is 128 g/mol. The molecule has 1 aromatic heterocycles. The van der Waals surface area contributed by atoms with Gasteiger partial charge in [-0.1, -0.05) is 0 Å². The summed E-state index contributed by atoms with van der Waals surface area (Å²) in [5, 5.41) is 3.84. The lowest BCUT2D eigenvalue weighted by Gasteiger charge is -1.93. The van der Waals surface area contributed by atoms with E-state index >= 15 is 0 Å². The summed E-state index contributed by atoms with van der Waals surface area (Å²) in [6.07, 6.45) is 5.40. The van der Waals surface area contributed by atoms with E-state index in [0.717, 1.165) is 12.8 Å². The third kappa shape index (κ3) is 0.835. The van der Waals surface area contributed by atoms with Crippen molar-refractivity contribution < 1.29 is 4.79 Å². The maximum Gasteiger partial charge on any atom is 0.249 e. The Bertz CT molecular complexity index is 236. The Labute approximate surface area is 58.7 Å². The second kappa shape index (κ2) is 1.94. The normalized spacial score (nSPS) is 17.2. The van der Waals surface area contributed by atoms with Gasteiger partial charge in [0.25, 0.3) is 0 Å². The van der Waals surface area contributed by atoms with Crippen molar-refractivity contribution in [3.05, 3.63) is 18.5 Å². The minimum absolute atomic E-state index is 0.144. The zero-order chi connectivity index (χ0) is 6.97. The molecule has 0 radical (unpaired) electrons. The molecule has 0 bridgehead atoms. The SMILES string of the molecule is O=C(C1CC1)n1cccn1. The summed E-state index contributed by atoms with van der Waals surface area (Å²) in [6, 6.07) is 1.76. The maximum atomic E-state index is 11.2. The minimum atomic E-state index is 0.144. The lowest BCUT2D eigenvalue weighted by atomic mass is 10.4. The fraction of sp³-hybridized carbons (Fsp3) is 0.429. The van der Waals surface area contributed by atoms with Crippen LogP contribution >= 0.6 is 0 Å². The summed E-state index contributed by atoms with van der Waals surface area (Å²) in [5.74, 6) is 0.407. The summed E-state index contributed by atoms with van der Waals surface area (Å²) in [4.78, 5) is 11.2. The zero-order valence-corrected chi connectivity index (χ0v) is 5.53. The van der Waals surface area contributed by atoms with Crippen LogP contribution in [0.4, 0.5) is 0 Å². The molecule has 3 nitrogen and oxygen atoms in total. The van der Waals surface area contributed by atoms with E-state index in [1.807, 2.05) is 0 Å². The van der Waals surface area contributed by atoms with E-state index < -0.39 is 0 Å². The minimum Gasteiger partial charge on any atom is -0.272 e. The Hall–Kier alpha value is -1.12. The molecule has 10 heavy (non-hydrogen) atoms. The van der Waals surface area contributed by atoms with E-state index in [0.29, 0.717) is 0 Å². The molecule has 1 saturated carbocycles. The molecule has 1 aliphatic carbocycles. The number of aromatic nitrogens is 2. The van der Waals surface area contributed by atoms with E-state index in [9.17, 15) is 4.79 Å². The summed E-state index contributed by atoms with van der Waals surface area (Å²) in [7, 11) is 0. The van der Waals surface area contributed by atoms with Gasteiger partial charge in [0.15, 0.2) is 0 Å². The average molecular weight is 136 g/mol. The molecule has 0 spiro atoms. The van der Waals surface area contributed by atoms with Gasteiger partial charge in [-0.05, 0) is 18.9 Å². The highest BCUT2D eigenvalue weighted by Crippen LogP contribution is 2.30. The molecule has 0 aliphatic heterocycles. The summed E-state index contributed by atoms with van der Waals surface area (Å²) in [6.45, 7) is 0. The van der Waals surface area contributed by atoms with Crippen molar-refractivity contribution in [3.63, 3.8) is 0 Å². The summed E-state index contributed by atoms with van der Waals surface area (Å²) < 4.78 is 1.41. The standard InChI is InChI=1S/C7H8N2O/c10-7(6-2-3-6)9-5-1-4-8-9/h1,4-6H,2-3H2. The average Bonchev–Trinajstić information content (AvgIpc) is 2.65. The van der Waals surface area contributed by atoms with Gasteiger partial charge < -0.3 is 0 Å². The van der Waals surface area contributed by atoms with E-state index in [4.69, 9.17) is 0 Å². The molecule has 0 amide bonds. The Morgan fingerprint density at radius 3 is 2.90 bits per heavy atom. The highest BCUT2D eigenvalue weighted by atomic mass is 16.2. The molecule has 52 valence electrons. The first kappa shape index (κ1) is 5.65. The number of carbonyl (C=O) groups is 1. The van der Waals surface area contributed by atoms with Gasteiger partial charge in [-0.2, -0.15) is 5.10 Å². The molecular formula is C7H8N2O. The third-order valence-electron chi connectivity index (χ3n) is 1.66. The molecule has 1 fully saturated rings. The van der Waals surface area contributed by atoms with Gasteiger partial charge in [-0.25, -0.2) is 4.68 Å². The molecule has 0 atom stereocenters. The van der Waals surface area contributed by atoms with Crippen LogP contribution in [0.5, 0.6) is 0 Å². The van der Waals surface area contributed by atoms with E-state index in [1.54, 1.807) is 18.5 Å². The van der Waals surface area contributed by atoms with Crippen molar-refractivity contribution >= 4 is 5.91 Å². The largest absolute Gasteiger partial charge is 0.272 e. The number of rotatable bonds is 1. The van der Waals surface area contributed by atoms with Gasteiger partial charge in [0.1, 0.15) is 0 Å². The quantitative estimate of drug-likeness (QED) is 0.575. The molecule has 1 heterocycles.